The van der Waals surface area contributed by atoms with E-state index in [4.69, 9.17) is 0 Å². The van der Waals surface area contributed by atoms with Crippen LogP contribution in [-0.4, -0.2) is 4.57 Å². The smallest absolute Gasteiger partial charge is 0.0544 e. The second-order valence-electron chi connectivity index (χ2n) is 9.29. The van der Waals surface area contributed by atoms with Crippen molar-refractivity contribution in [3.63, 3.8) is 0 Å². The number of hydrogen-bond donors (Lipinski definition) is 0. The average molecular weight is 383 g/mol. The monoisotopic (exact) mass is 383 g/mol. The maximum atomic E-state index is 2.49. The third-order valence-corrected chi connectivity index (χ3v) is 7.75. The van der Waals surface area contributed by atoms with Gasteiger partial charge in [-0.25, -0.2) is 0 Å². The Hall–Kier alpha value is -3.32. The first-order valence-corrected chi connectivity index (χ1v) is 11.2. The molecule has 8 rings (SSSR count). The highest BCUT2D eigenvalue weighted by atomic mass is 15.0. The fourth-order valence-electron chi connectivity index (χ4n) is 5.95. The summed E-state index contributed by atoms with van der Waals surface area (Å²) in [6.45, 7) is 0. The molecule has 0 amide bonds. The lowest BCUT2D eigenvalue weighted by Crippen LogP contribution is -2.08. The first kappa shape index (κ1) is 15.5. The van der Waals surface area contributed by atoms with E-state index in [1.54, 1.807) is 11.1 Å². The molecule has 0 spiro atoms. The number of benzene rings is 4. The lowest BCUT2D eigenvalue weighted by atomic mass is 9.85. The molecule has 0 saturated carbocycles. The number of aromatic nitrogens is 1. The van der Waals surface area contributed by atoms with E-state index in [0.29, 0.717) is 0 Å². The zero-order chi connectivity index (χ0) is 19.4. The van der Waals surface area contributed by atoms with Gasteiger partial charge in [-0.05, 0) is 113 Å². The van der Waals surface area contributed by atoms with Crippen LogP contribution in [-0.2, 0) is 32.1 Å². The van der Waals surface area contributed by atoms with Gasteiger partial charge in [0.1, 0.15) is 0 Å². The van der Waals surface area contributed by atoms with Crippen LogP contribution in [0.3, 0.4) is 0 Å². The largest absolute Gasteiger partial charge is 0.309 e. The summed E-state index contributed by atoms with van der Waals surface area (Å²) in [4.78, 5) is 0. The molecule has 0 atom stereocenters. The van der Waals surface area contributed by atoms with Gasteiger partial charge in [-0.3, -0.25) is 0 Å². The molecular weight excluding hydrogens is 362 g/mol. The number of nitrogens with zero attached hydrogens (tertiary/aromatic N) is 1. The van der Waals surface area contributed by atoms with Crippen molar-refractivity contribution in [2.24, 2.45) is 0 Å². The summed E-state index contributed by atoms with van der Waals surface area (Å²) in [5.74, 6) is 0. The quantitative estimate of drug-likeness (QED) is 0.303. The van der Waals surface area contributed by atoms with Crippen molar-refractivity contribution in [3.8, 4) is 16.8 Å². The molecule has 30 heavy (non-hydrogen) atoms. The molecule has 4 aromatic carbocycles. The summed E-state index contributed by atoms with van der Waals surface area (Å²) in [5.41, 5.74) is 16.1. The molecule has 3 aliphatic carbocycles. The minimum absolute atomic E-state index is 1.07. The number of aryl methyl sites for hydroxylation is 4. The van der Waals surface area contributed by atoms with Crippen molar-refractivity contribution in [3.05, 3.63) is 100 Å². The molecule has 1 heterocycles. The van der Waals surface area contributed by atoms with Gasteiger partial charge in [0, 0.05) is 16.5 Å². The summed E-state index contributed by atoms with van der Waals surface area (Å²) in [6.07, 6.45) is 6.02. The standard InChI is InChI=1S/C29H21N/c1-2-4-23(5-3-1)30-28-14-20-9-8-19(20)13-26(28)27-16-25-22(15-29(27)30)11-21-10-17-6-7-18(17)12-24(21)25/h1-5,10,12-16H,6-9,11H2. The van der Waals surface area contributed by atoms with E-state index in [-0.39, 0.29) is 0 Å². The first-order valence-electron chi connectivity index (χ1n) is 11.2. The summed E-state index contributed by atoms with van der Waals surface area (Å²) in [6, 6.07) is 25.7. The van der Waals surface area contributed by atoms with Gasteiger partial charge in [-0.1, -0.05) is 30.3 Å². The Morgan fingerprint density at radius 2 is 1.07 bits per heavy atom. The Kier molecular flexibility index (Phi) is 2.70. The lowest BCUT2D eigenvalue weighted by molar-refractivity contribution is 0.837. The van der Waals surface area contributed by atoms with Gasteiger partial charge >= 0.3 is 0 Å². The van der Waals surface area contributed by atoms with Gasteiger partial charge in [-0.2, -0.15) is 0 Å². The molecule has 0 saturated heterocycles. The van der Waals surface area contributed by atoms with Crippen LogP contribution in [0.5, 0.6) is 0 Å². The molecule has 1 nitrogen and oxygen atoms in total. The molecule has 1 heteroatoms. The molecule has 0 unspecified atom stereocenters. The van der Waals surface area contributed by atoms with Gasteiger partial charge in [0.25, 0.3) is 0 Å². The summed E-state index contributed by atoms with van der Waals surface area (Å²) >= 11 is 0. The fraction of sp³-hybridized carbons (Fsp3) is 0.172. The molecule has 0 N–H and O–H groups in total. The van der Waals surface area contributed by atoms with Gasteiger partial charge in [0.15, 0.2) is 0 Å². The minimum Gasteiger partial charge on any atom is -0.309 e. The van der Waals surface area contributed by atoms with E-state index in [1.165, 1.54) is 86.6 Å². The third-order valence-electron chi connectivity index (χ3n) is 7.75. The highest BCUT2D eigenvalue weighted by molar-refractivity contribution is 6.12. The predicted octanol–water partition coefficient (Wildman–Crippen LogP) is 6.55. The molecule has 0 bridgehead atoms. The maximum Gasteiger partial charge on any atom is 0.0544 e. The maximum absolute atomic E-state index is 2.49. The molecule has 0 aliphatic heterocycles. The van der Waals surface area contributed by atoms with Crippen molar-refractivity contribution in [2.45, 2.75) is 32.1 Å². The molecule has 0 radical (unpaired) electrons. The molecule has 0 fully saturated rings. The van der Waals surface area contributed by atoms with Crippen LogP contribution >= 0.6 is 0 Å². The van der Waals surface area contributed by atoms with Gasteiger partial charge in [0.05, 0.1) is 11.0 Å². The Balaban J connectivity index is 1.49. The van der Waals surface area contributed by atoms with Gasteiger partial charge in [-0.15, -0.1) is 0 Å². The van der Waals surface area contributed by atoms with Crippen LogP contribution in [0.4, 0.5) is 0 Å². The zero-order valence-electron chi connectivity index (χ0n) is 16.8. The number of para-hydroxylation sites is 1. The van der Waals surface area contributed by atoms with Gasteiger partial charge in [0.2, 0.25) is 0 Å². The van der Waals surface area contributed by atoms with Crippen molar-refractivity contribution in [1.82, 2.24) is 4.57 Å². The van der Waals surface area contributed by atoms with Crippen molar-refractivity contribution >= 4 is 21.8 Å². The lowest BCUT2D eigenvalue weighted by Gasteiger charge is -2.20. The zero-order valence-corrected chi connectivity index (χ0v) is 16.8. The second kappa shape index (κ2) is 5.23. The van der Waals surface area contributed by atoms with Crippen molar-refractivity contribution in [2.75, 3.05) is 0 Å². The average Bonchev–Trinajstić information content (AvgIpc) is 3.23. The highest BCUT2D eigenvalue weighted by Crippen LogP contribution is 2.45. The molecular formula is C29H21N. The SMILES string of the molecule is c1ccc(-n2c3cc4c(cc3c3cc5c(cc32)Cc2cc3c(cc2-5)CC3)CC4)cc1. The van der Waals surface area contributed by atoms with Crippen LogP contribution in [0, 0.1) is 0 Å². The van der Waals surface area contributed by atoms with E-state index < -0.39 is 0 Å². The normalized spacial score (nSPS) is 15.3. The summed E-state index contributed by atoms with van der Waals surface area (Å²) < 4.78 is 2.49. The van der Waals surface area contributed by atoms with E-state index in [1.807, 2.05) is 0 Å². The minimum atomic E-state index is 1.07. The van der Waals surface area contributed by atoms with Crippen LogP contribution < -0.4 is 0 Å². The fourth-order valence-corrected chi connectivity index (χ4v) is 5.95. The van der Waals surface area contributed by atoms with Gasteiger partial charge < -0.3 is 4.57 Å². The molecule has 1 aromatic heterocycles. The molecule has 5 aromatic rings. The third kappa shape index (κ3) is 1.84. The van der Waals surface area contributed by atoms with Crippen molar-refractivity contribution < 1.29 is 0 Å². The predicted molar refractivity (Wildman–Crippen MR) is 124 cm³/mol. The topological polar surface area (TPSA) is 4.93 Å². The molecule has 3 aliphatic rings. The number of fused-ring (bicyclic) bond motifs is 8. The van der Waals surface area contributed by atoms with Crippen LogP contribution in [0.1, 0.15) is 33.4 Å². The summed E-state index contributed by atoms with van der Waals surface area (Å²) in [5, 5.41) is 2.81. The Bertz CT molecular complexity index is 1550. The molecule has 142 valence electrons. The number of rotatable bonds is 1. The Morgan fingerprint density at radius 1 is 0.500 bits per heavy atom. The highest BCUT2D eigenvalue weighted by Gasteiger charge is 2.26. The summed E-state index contributed by atoms with van der Waals surface area (Å²) in [7, 11) is 0. The van der Waals surface area contributed by atoms with Crippen LogP contribution in [0.2, 0.25) is 0 Å². The Labute approximate surface area is 175 Å². The van der Waals surface area contributed by atoms with Crippen molar-refractivity contribution in [1.29, 1.82) is 0 Å². The Morgan fingerprint density at radius 3 is 1.83 bits per heavy atom. The van der Waals surface area contributed by atoms with E-state index in [9.17, 15) is 0 Å². The first-order chi connectivity index (χ1) is 14.8. The van der Waals surface area contributed by atoms with Crippen LogP contribution in [0.15, 0.2) is 66.7 Å². The second-order valence-corrected chi connectivity index (χ2v) is 9.29. The van der Waals surface area contributed by atoms with E-state index in [0.717, 1.165) is 6.42 Å². The number of hydrogen-bond acceptors (Lipinski definition) is 0. The van der Waals surface area contributed by atoms with E-state index in [2.05, 4.69) is 71.3 Å². The van der Waals surface area contributed by atoms with Crippen LogP contribution in [0.25, 0.3) is 38.6 Å². The van der Waals surface area contributed by atoms with E-state index >= 15 is 0 Å².